The lowest BCUT2D eigenvalue weighted by Crippen LogP contribution is -2.19. The first-order chi connectivity index (χ1) is 17.5. The van der Waals surface area contributed by atoms with E-state index < -0.39 is 0 Å². The minimum absolute atomic E-state index is 0.0492. The molecule has 0 aliphatic rings. The Morgan fingerprint density at radius 1 is 0.486 bits per heavy atom. The predicted molar refractivity (Wildman–Crippen MR) is 160 cm³/mol. The van der Waals surface area contributed by atoms with Gasteiger partial charge in [-0.05, 0) is 121 Å². The number of hydrogen-bond acceptors (Lipinski definition) is 2. The molecular formula is C35H42N2. The summed E-state index contributed by atoms with van der Waals surface area (Å²) in [6.07, 6.45) is 4.14. The maximum Gasteiger partial charge on any atom is 0.0346 e. The molecule has 4 N–H and O–H groups in total. The Hall–Kier alpha value is -3.52. The van der Waals surface area contributed by atoms with Gasteiger partial charge in [0.2, 0.25) is 0 Å². The van der Waals surface area contributed by atoms with E-state index >= 15 is 0 Å². The first kappa shape index (κ1) is 26.5. The average Bonchev–Trinajstić information content (AvgIpc) is 2.87. The van der Waals surface area contributed by atoms with Crippen LogP contribution in [-0.4, -0.2) is 0 Å². The fraction of sp³-hybridized carbons (Fsp3) is 0.314. The summed E-state index contributed by atoms with van der Waals surface area (Å²) in [5.74, 6) is 0. The van der Waals surface area contributed by atoms with Crippen molar-refractivity contribution in [2.75, 3.05) is 11.5 Å². The SMILES string of the molecule is Cc1cc(CCc2ccc(C(C)(C)c3ccc(CCc4cc(C)c(N)cc4C)cc3)cc2)c(C)cc1N. The summed E-state index contributed by atoms with van der Waals surface area (Å²) >= 11 is 0. The molecule has 0 bridgehead atoms. The van der Waals surface area contributed by atoms with E-state index in [1.165, 1.54) is 55.6 Å². The van der Waals surface area contributed by atoms with Gasteiger partial charge in [-0.2, -0.15) is 0 Å². The summed E-state index contributed by atoms with van der Waals surface area (Å²) in [6, 6.07) is 27.1. The molecule has 0 spiro atoms. The maximum absolute atomic E-state index is 6.06. The molecule has 0 heterocycles. The Kier molecular flexibility index (Phi) is 7.78. The second kappa shape index (κ2) is 10.8. The van der Waals surface area contributed by atoms with Gasteiger partial charge in [-0.3, -0.25) is 0 Å². The van der Waals surface area contributed by atoms with Gasteiger partial charge in [-0.1, -0.05) is 74.5 Å². The largest absolute Gasteiger partial charge is 0.399 e. The van der Waals surface area contributed by atoms with Crippen molar-refractivity contribution in [3.63, 3.8) is 0 Å². The first-order valence-electron chi connectivity index (χ1n) is 13.4. The zero-order chi connectivity index (χ0) is 26.7. The van der Waals surface area contributed by atoms with Crippen LogP contribution >= 0.6 is 0 Å². The molecule has 4 aromatic carbocycles. The third kappa shape index (κ3) is 6.07. The Bertz CT molecular complexity index is 1270. The zero-order valence-corrected chi connectivity index (χ0v) is 23.4. The monoisotopic (exact) mass is 490 g/mol. The number of nitrogen functional groups attached to an aromatic ring is 2. The van der Waals surface area contributed by atoms with Crippen molar-refractivity contribution in [3.8, 4) is 0 Å². The van der Waals surface area contributed by atoms with Gasteiger partial charge in [-0.15, -0.1) is 0 Å². The van der Waals surface area contributed by atoms with Crippen LogP contribution in [0.3, 0.4) is 0 Å². The van der Waals surface area contributed by atoms with Gasteiger partial charge < -0.3 is 11.5 Å². The van der Waals surface area contributed by atoms with E-state index in [-0.39, 0.29) is 5.41 Å². The number of benzene rings is 4. The van der Waals surface area contributed by atoms with E-state index in [2.05, 4.69) is 114 Å². The molecule has 2 nitrogen and oxygen atoms in total. The van der Waals surface area contributed by atoms with Crippen LogP contribution in [0.15, 0.2) is 72.8 Å². The molecule has 4 rings (SSSR count). The molecule has 37 heavy (non-hydrogen) atoms. The lowest BCUT2D eigenvalue weighted by molar-refractivity contribution is 0.640. The molecule has 0 atom stereocenters. The third-order valence-electron chi connectivity index (χ3n) is 8.17. The van der Waals surface area contributed by atoms with Crippen LogP contribution in [0.5, 0.6) is 0 Å². The molecule has 0 fully saturated rings. The highest BCUT2D eigenvalue weighted by Crippen LogP contribution is 2.32. The molecule has 4 aromatic rings. The lowest BCUT2D eigenvalue weighted by Gasteiger charge is -2.26. The Balaban J connectivity index is 1.40. The average molecular weight is 491 g/mol. The van der Waals surface area contributed by atoms with Gasteiger partial charge in [0.1, 0.15) is 0 Å². The summed E-state index contributed by atoms with van der Waals surface area (Å²) in [5.41, 5.74) is 26.9. The van der Waals surface area contributed by atoms with E-state index in [0.29, 0.717) is 0 Å². The van der Waals surface area contributed by atoms with Crippen LogP contribution in [0, 0.1) is 27.7 Å². The molecule has 0 radical (unpaired) electrons. The quantitative estimate of drug-likeness (QED) is 0.246. The zero-order valence-electron chi connectivity index (χ0n) is 23.4. The van der Waals surface area contributed by atoms with E-state index in [0.717, 1.165) is 37.1 Å². The molecule has 192 valence electrons. The number of hydrogen-bond donors (Lipinski definition) is 2. The van der Waals surface area contributed by atoms with Crippen LogP contribution in [0.4, 0.5) is 11.4 Å². The van der Waals surface area contributed by atoms with Gasteiger partial charge in [0.25, 0.3) is 0 Å². The molecule has 0 saturated heterocycles. The molecule has 0 saturated carbocycles. The van der Waals surface area contributed by atoms with Gasteiger partial charge in [-0.25, -0.2) is 0 Å². The molecule has 0 unspecified atom stereocenters. The third-order valence-corrected chi connectivity index (χ3v) is 8.17. The van der Waals surface area contributed by atoms with Crippen LogP contribution < -0.4 is 11.5 Å². The number of aryl methyl sites for hydroxylation is 8. The van der Waals surface area contributed by atoms with E-state index in [1.807, 2.05) is 0 Å². The van der Waals surface area contributed by atoms with Gasteiger partial charge in [0, 0.05) is 16.8 Å². The van der Waals surface area contributed by atoms with Crippen LogP contribution in [-0.2, 0) is 31.1 Å². The predicted octanol–water partition coefficient (Wildman–Crippen LogP) is 7.98. The summed E-state index contributed by atoms with van der Waals surface area (Å²) in [7, 11) is 0. The van der Waals surface area contributed by atoms with Crippen molar-refractivity contribution < 1.29 is 0 Å². The normalized spacial score (nSPS) is 11.6. The van der Waals surface area contributed by atoms with Crippen molar-refractivity contribution in [2.24, 2.45) is 0 Å². The van der Waals surface area contributed by atoms with Crippen molar-refractivity contribution >= 4 is 11.4 Å². The number of nitrogens with two attached hydrogens (primary N) is 2. The van der Waals surface area contributed by atoms with E-state index in [9.17, 15) is 0 Å². The van der Waals surface area contributed by atoms with E-state index in [4.69, 9.17) is 11.5 Å². The minimum Gasteiger partial charge on any atom is -0.399 e. The van der Waals surface area contributed by atoms with Crippen molar-refractivity contribution in [2.45, 2.75) is 72.6 Å². The van der Waals surface area contributed by atoms with Crippen LogP contribution in [0.2, 0.25) is 0 Å². The highest BCUT2D eigenvalue weighted by molar-refractivity contribution is 5.52. The summed E-state index contributed by atoms with van der Waals surface area (Å²) in [6.45, 7) is 13.1. The number of anilines is 2. The number of rotatable bonds is 8. The first-order valence-corrected chi connectivity index (χ1v) is 13.4. The molecule has 0 aromatic heterocycles. The summed E-state index contributed by atoms with van der Waals surface area (Å²) in [5, 5.41) is 0. The van der Waals surface area contributed by atoms with Crippen LogP contribution in [0.1, 0.15) is 69.5 Å². The van der Waals surface area contributed by atoms with Gasteiger partial charge in [0.05, 0.1) is 0 Å². The molecule has 2 heteroatoms. The molecule has 0 aliphatic heterocycles. The standard InChI is InChI=1S/C35H42N2/c1-23-21-33(36)25(3)19-29(23)13-7-27-9-15-31(16-10-27)35(5,6)32-17-11-28(12-18-32)8-14-30-20-26(4)34(37)22-24(30)2/h9-12,15-22H,7-8,13-14,36-37H2,1-6H3. The smallest absolute Gasteiger partial charge is 0.0346 e. The minimum atomic E-state index is -0.0492. The highest BCUT2D eigenvalue weighted by Gasteiger charge is 2.23. The lowest BCUT2D eigenvalue weighted by atomic mass is 9.77. The molecular weight excluding hydrogens is 448 g/mol. The Labute approximate surface area is 223 Å². The Morgan fingerprint density at radius 3 is 1.19 bits per heavy atom. The fourth-order valence-electron chi connectivity index (χ4n) is 5.24. The second-order valence-corrected chi connectivity index (χ2v) is 11.3. The van der Waals surface area contributed by atoms with Gasteiger partial charge >= 0.3 is 0 Å². The molecule has 0 aliphatic carbocycles. The molecule has 0 amide bonds. The van der Waals surface area contributed by atoms with Crippen molar-refractivity contribution in [1.29, 1.82) is 0 Å². The maximum atomic E-state index is 6.06. The second-order valence-electron chi connectivity index (χ2n) is 11.3. The van der Waals surface area contributed by atoms with Crippen LogP contribution in [0.25, 0.3) is 0 Å². The fourth-order valence-corrected chi connectivity index (χ4v) is 5.24. The summed E-state index contributed by atoms with van der Waals surface area (Å²) in [4.78, 5) is 0. The van der Waals surface area contributed by atoms with Gasteiger partial charge in [0.15, 0.2) is 0 Å². The Morgan fingerprint density at radius 2 is 0.838 bits per heavy atom. The van der Waals surface area contributed by atoms with E-state index in [1.54, 1.807) is 0 Å². The van der Waals surface area contributed by atoms with Crippen molar-refractivity contribution in [1.82, 2.24) is 0 Å². The van der Waals surface area contributed by atoms with Crippen molar-refractivity contribution in [3.05, 3.63) is 128 Å². The topological polar surface area (TPSA) is 52.0 Å². The summed E-state index contributed by atoms with van der Waals surface area (Å²) < 4.78 is 0. The highest BCUT2D eigenvalue weighted by atomic mass is 14.6.